The Balaban J connectivity index is 2.22. The molecule has 0 spiro atoms. The standard InChI is InChI=1S/C15H16FN3O3/c1-22-13-6-8(5-11(16)10(13)7-17)15(21)19-12-4-2-3-9(12)14(18)20/h5-6,9,12H,2-4H2,1H3,(H2,18,20)(H,19,21)/t9-,12+/m0/s1. The first-order valence-corrected chi connectivity index (χ1v) is 6.85. The van der Waals surface area contributed by atoms with E-state index in [0.29, 0.717) is 12.8 Å². The highest BCUT2D eigenvalue weighted by Crippen LogP contribution is 2.27. The molecule has 1 aliphatic carbocycles. The third-order valence-corrected chi connectivity index (χ3v) is 3.85. The van der Waals surface area contributed by atoms with Crippen LogP contribution >= 0.6 is 0 Å². The fourth-order valence-electron chi connectivity index (χ4n) is 2.71. The van der Waals surface area contributed by atoms with Gasteiger partial charge in [-0.25, -0.2) is 4.39 Å². The Hall–Kier alpha value is -2.62. The number of hydrogen-bond donors (Lipinski definition) is 2. The summed E-state index contributed by atoms with van der Waals surface area (Å²) < 4.78 is 18.7. The number of halogens is 1. The number of primary amides is 1. The van der Waals surface area contributed by atoms with Gasteiger partial charge in [-0.3, -0.25) is 9.59 Å². The van der Waals surface area contributed by atoms with Crippen molar-refractivity contribution >= 4 is 11.8 Å². The van der Waals surface area contributed by atoms with Gasteiger partial charge in [0.1, 0.15) is 23.2 Å². The first-order chi connectivity index (χ1) is 10.5. The Morgan fingerprint density at radius 3 is 2.77 bits per heavy atom. The molecule has 1 aromatic rings. The molecular weight excluding hydrogens is 289 g/mol. The topological polar surface area (TPSA) is 105 Å². The lowest BCUT2D eigenvalue weighted by atomic mass is 10.0. The van der Waals surface area contributed by atoms with Crippen LogP contribution in [0.25, 0.3) is 0 Å². The Morgan fingerprint density at radius 1 is 1.45 bits per heavy atom. The summed E-state index contributed by atoms with van der Waals surface area (Å²) in [5.41, 5.74) is 5.08. The molecule has 0 heterocycles. The highest BCUT2D eigenvalue weighted by Gasteiger charge is 2.33. The molecule has 3 N–H and O–H groups in total. The van der Waals surface area contributed by atoms with E-state index in [1.54, 1.807) is 6.07 Å². The number of nitrogens with one attached hydrogen (secondary N) is 1. The van der Waals surface area contributed by atoms with Gasteiger partial charge in [0, 0.05) is 11.6 Å². The lowest BCUT2D eigenvalue weighted by Crippen LogP contribution is -2.42. The van der Waals surface area contributed by atoms with Gasteiger partial charge in [-0.15, -0.1) is 0 Å². The van der Waals surface area contributed by atoms with Crippen LogP contribution in [0.3, 0.4) is 0 Å². The van der Waals surface area contributed by atoms with E-state index in [0.717, 1.165) is 12.5 Å². The van der Waals surface area contributed by atoms with Crippen molar-refractivity contribution in [3.05, 3.63) is 29.1 Å². The van der Waals surface area contributed by atoms with Crippen LogP contribution in [0.2, 0.25) is 0 Å². The van der Waals surface area contributed by atoms with Gasteiger partial charge in [-0.05, 0) is 25.0 Å². The van der Waals surface area contributed by atoms with Crippen LogP contribution in [0.4, 0.5) is 4.39 Å². The monoisotopic (exact) mass is 305 g/mol. The van der Waals surface area contributed by atoms with E-state index in [9.17, 15) is 14.0 Å². The van der Waals surface area contributed by atoms with Crippen LogP contribution in [-0.2, 0) is 4.79 Å². The number of benzene rings is 1. The SMILES string of the molecule is COc1cc(C(=O)N[C@@H]2CCC[C@@H]2C(N)=O)cc(F)c1C#N. The maximum absolute atomic E-state index is 13.8. The van der Waals surface area contributed by atoms with E-state index in [1.807, 2.05) is 0 Å². The molecule has 22 heavy (non-hydrogen) atoms. The lowest BCUT2D eigenvalue weighted by molar-refractivity contribution is -0.122. The fraction of sp³-hybridized carbons (Fsp3) is 0.400. The first-order valence-electron chi connectivity index (χ1n) is 6.85. The molecule has 116 valence electrons. The number of carbonyl (C=O) groups is 2. The Morgan fingerprint density at radius 2 is 2.18 bits per heavy atom. The van der Waals surface area contributed by atoms with E-state index in [2.05, 4.69) is 5.32 Å². The summed E-state index contributed by atoms with van der Waals surface area (Å²) in [7, 11) is 1.29. The van der Waals surface area contributed by atoms with Crippen LogP contribution in [-0.4, -0.2) is 25.0 Å². The minimum atomic E-state index is -0.829. The van der Waals surface area contributed by atoms with Crippen molar-refractivity contribution in [3.8, 4) is 11.8 Å². The molecule has 2 atom stereocenters. The van der Waals surface area contributed by atoms with Crippen molar-refractivity contribution in [2.45, 2.75) is 25.3 Å². The van der Waals surface area contributed by atoms with Gasteiger partial charge >= 0.3 is 0 Å². The molecule has 0 aliphatic heterocycles. The lowest BCUT2D eigenvalue weighted by Gasteiger charge is -2.18. The number of carbonyl (C=O) groups excluding carboxylic acids is 2. The summed E-state index contributed by atoms with van der Waals surface area (Å²) in [5, 5.41) is 11.6. The average Bonchev–Trinajstić information content (AvgIpc) is 2.94. The largest absolute Gasteiger partial charge is 0.495 e. The second-order valence-corrected chi connectivity index (χ2v) is 5.17. The zero-order valence-electron chi connectivity index (χ0n) is 12.1. The van der Waals surface area contributed by atoms with Crippen LogP contribution in [0.1, 0.15) is 35.2 Å². The second-order valence-electron chi connectivity index (χ2n) is 5.17. The van der Waals surface area contributed by atoms with Crippen LogP contribution < -0.4 is 15.8 Å². The summed E-state index contributed by atoms with van der Waals surface area (Å²) in [6, 6.07) is 3.60. The summed E-state index contributed by atoms with van der Waals surface area (Å²) in [6.45, 7) is 0. The van der Waals surface area contributed by atoms with E-state index in [1.165, 1.54) is 13.2 Å². The second kappa shape index (κ2) is 6.43. The van der Waals surface area contributed by atoms with Crippen LogP contribution in [0.5, 0.6) is 5.75 Å². The third-order valence-electron chi connectivity index (χ3n) is 3.85. The molecule has 0 radical (unpaired) electrons. The molecule has 2 rings (SSSR count). The van der Waals surface area contributed by atoms with Crippen molar-refractivity contribution < 1.29 is 18.7 Å². The Kier molecular flexibility index (Phi) is 4.61. The molecule has 0 aromatic heterocycles. The maximum atomic E-state index is 13.8. The van der Waals surface area contributed by atoms with E-state index in [-0.39, 0.29) is 22.9 Å². The number of nitrogens with zero attached hydrogens (tertiary/aromatic N) is 1. The van der Waals surface area contributed by atoms with Gasteiger partial charge in [-0.1, -0.05) is 6.42 Å². The number of hydrogen-bond acceptors (Lipinski definition) is 4. The van der Waals surface area contributed by atoms with E-state index in [4.69, 9.17) is 15.7 Å². The molecule has 2 amide bonds. The van der Waals surface area contributed by atoms with Crippen molar-refractivity contribution in [1.82, 2.24) is 5.32 Å². The van der Waals surface area contributed by atoms with Gasteiger partial charge < -0.3 is 15.8 Å². The quantitative estimate of drug-likeness (QED) is 0.868. The predicted octanol–water partition coefficient (Wildman–Crippen LogP) is 1.09. The minimum Gasteiger partial charge on any atom is -0.495 e. The minimum absolute atomic E-state index is 0.00877. The number of methoxy groups -OCH3 is 1. The first kappa shape index (κ1) is 15.8. The maximum Gasteiger partial charge on any atom is 0.251 e. The van der Waals surface area contributed by atoms with E-state index >= 15 is 0 Å². The number of nitrogens with two attached hydrogens (primary N) is 1. The molecule has 0 saturated heterocycles. The molecule has 1 fully saturated rings. The zero-order valence-corrected chi connectivity index (χ0v) is 12.1. The van der Waals surface area contributed by atoms with Crippen LogP contribution in [0.15, 0.2) is 12.1 Å². The normalized spacial score (nSPS) is 20.2. The van der Waals surface area contributed by atoms with Crippen molar-refractivity contribution in [1.29, 1.82) is 5.26 Å². The van der Waals surface area contributed by atoms with Crippen molar-refractivity contribution in [2.75, 3.05) is 7.11 Å². The van der Waals surface area contributed by atoms with Gasteiger partial charge in [0.25, 0.3) is 5.91 Å². The van der Waals surface area contributed by atoms with Crippen LogP contribution in [0, 0.1) is 23.1 Å². The number of rotatable bonds is 4. The van der Waals surface area contributed by atoms with Crippen molar-refractivity contribution in [2.24, 2.45) is 11.7 Å². The molecular formula is C15H16FN3O3. The molecule has 1 saturated carbocycles. The zero-order chi connectivity index (χ0) is 16.3. The molecule has 1 aliphatic rings. The van der Waals surface area contributed by atoms with Gasteiger partial charge in [0.15, 0.2) is 0 Å². The molecule has 1 aromatic carbocycles. The summed E-state index contributed by atoms with van der Waals surface area (Å²) in [4.78, 5) is 23.5. The summed E-state index contributed by atoms with van der Waals surface area (Å²) in [5.74, 6) is -2.23. The van der Waals surface area contributed by atoms with E-state index < -0.39 is 23.5 Å². The highest BCUT2D eigenvalue weighted by atomic mass is 19.1. The fourth-order valence-corrected chi connectivity index (χ4v) is 2.71. The summed E-state index contributed by atoms with van der Waals surface area (Å²) >= 11 is 0. The van der Waals surface area contributed by atoms with Gasteiger partial charge in [0.05, 0.1) is 13.0 Å². The predicted molar refractivity (Wildman–Crippen MR) is 75.5 cm³/mol. The molecule has 0 unspecified atom stereocenters. The molecule has 6 nitrogen and oxygen atoms in total. The number of nitriles is 1. The highest BCUT2D eigenvalue weighted by molar-refractivity contribution is 5.95. The number of amides is 2. The van der Waals surface area contributed by atoms with Crippen molar-refractivity contribution in [3.63, 3.8) is 0 Å². The average molecular weight is 305 g/mol. The third kappa shape index (κ3) is 3.01. The Bertz CT molecular complexity index is 654. The smallest absolute Gasteiger partial charge is 0.251 e. The summed E-state index contributed by atoms with van der Waals surface area (Å²) in [6.07, 6.45) is 2.07. The van der Waals surface area contributed by atoms with Gasteiger partial charge in [0.2, 0.25) is 5.91 Å². The Labute approximate surface area is 127 Å². The number of ether oxygens (including phenoxy) is 1. The van der Waals surface area contributed by atoms with Gasteiger partial charge in [-0.2, -0.15) is 5.26 Å². The molecule has 7 heteroatoms. The molecule has 0 bridgehead atoms.